The van der Waals surface area contributed by atoms with Crippen molar-refractivity contribution in [1.82, 2.24) is 10.3 Å². The third kappa shape index (κ3) is 2.36. The molecule has 4 nitrogen and oxygen atoms in total. The Hall–Kier alpha value is -1.29. The second kappa shape index (κ2) is 4.92. The van der Waals surface area contributed by atoms with Crippen LogP contribution in [0.1, 0.15) is 12.8 Å². The van der Waals surface area contributed by atoms with Gasteiger partial charge in [-0.1, -0.05) is 0 Å². The van der Waals surface area contributed by atoms with Gasteiger partial charge in [0.2, 0.25) is 0 Å². The predicted octanol–water partition coefficient (Wildman–Crippen LogP) is 1.09. The molecule has 2 aliphatic heterocycles. The highest BCUT2D eigenvalue weighted by Crippen LogP contribution is 2.21. The standard InChI is InChI=1S/C13H20N4/c1-2-8-17(7-1)13-4-3-12(11-15-13)16-9-5-14-6-10-16/h3-4,11,14H,1-2,5-10H2. The van der Waals surface area contributed by atoms with E-state index in [-0.39, 0.29) is 0 Å². The first-order chi connectivity index (χ1) is 8.43. The van der Waals surface area contributed by atoms with Crippen molar-refractivity contribution in [3.05, 3.63) is 18.3 Å². The molecule has 4 heteroatoms. The molecule has 2 saturated heterocycles. The Morgan fingerprint density at radius 3 is 2.35 bits per heavy atom. The van der Waals surface area contributed by atoms with E-state index in [9.17, 15) is 0 Å². The predicted molar refractivity (Wildman–Crippen MR) is 70.8 cm³/mol. The van der Waals surface area contributed by atoms with Crippen LogP contribution in [0.3, 0.4) is 0 Å². The van der Waals surface area contributed by atoms with Crippen LogP contribution in [0.2, 0.25) is 0 Å². The van der Waals surface area contributed by atoms with Gasteiger partial charge in [-0.3, -0.25) is 0 Å². The van der Waals surface area contributed by atoms with Crippen molar-refractivity contribution >= 4 is 11.5 Å². The van der Waals surface area contributed by atoms with Crippen LogP contribution in [0.25, 0.3) is 0 Å². The van der Waals surface area contributed by atoms with Crippen molar-refractivity contribution in [2.45, 2.75) is 12.8 Å². The van der Waals surface area contributed by atoms with Crippen LogP contribution >= 0.6 is 0 Å². The van der Waals surface area contributed by atoms with Crippen molar-refractivity contribution in [2.75, 3.05) is 49.1 Å². The van der Waals surface area contributed by atoms with E-state index in [0.29, 0.717) is 0 Å². The zero-order chi connectivity index (χ0) is 11.5. The Balaban J connectivity index is 1.70. The molecular formula is C13H20N4. The molecule has 0 radical (unpaired) electrons. The summed E-state index contributed by atoms with van der Waals surface area (Å²) in [5.41, 5.74) is 1.26. The molecule has 92 valence electrons. The van der Waals surface area contributed by atoms with E-state index < -0.39 is 0 Å². The van der Waals surface area contributed by atoms with Crippen molar-refractivity contribution in [2.24, 2.45) is 0 Å². The number of pyridine rings is 1. The number of anilines is 2. The Morgan fingerprint density at radius 2 is 1.71 bits per heavy atom. The number of rotatable bonds is 2. The fourth-order valence-electron chi connectivity index (χ4n) is 2.62. The van der Waals surface area contributed by atoms with Crippen LogP contribution in [-0.4, -0.2) is 44.3 Å². The summed E-state index contributed by atoms with van der Waals surface area (Å²) in [6.07, 6.45) is 4.64. The molecule has 0 bridgehead atoms. The second-order valence-corrected chi connectivity index (χ2v) is 4.81. The molecule has 2 aliphatic rings. The zero-order valence-corrected chi connectivity index (χ0v) is 10.2. The largest absolute Gasteiger partial charge is 0.368 e. The van der Waals surface area contributed by atoms with Crippen molar-refractivity contribution in [1.29, 1.82) is 0 Å². The minimum absolute atomic E-state index is 1.08. The molecule has 3 rings (SSSR count). The average Bonchev–Trinajstić information content (AvgIpc) is 2.94. The van der Waals surface area contributed by atoms with Crippen molar-refractivity contribution in [3.8, 4) is 0 Å². The van der Waals surface area contributed by atoms with Gasteiger partial charge in [0.15, 0.2) is 0 Å². The van der Waals surface area contributed by atoms with Gasteiger partial charge >= 0.3 is 0 Å². The molecule has 1 aromatic heterocycles. The fraction of sp³-hybridized carbons (Fsp3) is 0.615. The van der Waals surface area contributed by atoms with E-state index >= 15 is 0 Å². The van der Waals surface area contributed by atoms with E-state index in [1.54, 1.807) is 0 Å². The van der Waals surface area contributed by atoms with Gasteiger partial charge in [-0.15, -0.1) is 0 Å². The smallest absolute Gasteiger partial charge is 0.128 e. The first-order valence-electron chi connectivity index (χ1n) is 6.60. The number of hydrogen-bond acceptors (Lipinski definition) is 4. The van der Waals surface area contributed by atoms with E-state index in [4.69, 9.17) is 0 Å². The molecule has 0 unspecified atom stereocenters. The molecular weight excluding hydrogens is 212 g/mol. The number of nitrogens with one attached hydrogen (secondary N) is 1. The molecule has 17 heavy (non-hydrogen) atoms. The van der Waals surface area contributed by atoms with Gasteiger partial charge in [-0.25, -0.2) is 4.98 Å². The van der Waals surface area contributed by atoms with Crippen LogP contribution < -0.4 is 15.1 Å². The van der Waals surface area contributed by atoms with E-state index in [1.807, 2.05) is 6.20 Å². The minimum atomic E-state index is 1.08. The zero-order valence-electron chi connectivity index (χ0n) is 10.2. The average molecular weight is 232 g/mol. The molecule has 3 heterocycles. The first kappa shape index (κ1) is 10.8. The highest BCUT2D eigenvalue weighted by atomic mass is 15.2. The Labute approximate surface area is 103 Å². The highest BCUT2D eigenvalue weighted by Gasteiger charge is 2.14. The highest BCUT2D eigenvalue weighted by molar-refractivity contribution is 5.51. The van der Waals surface area contributed by atoms with Crippen LogP contribution in [0.5, 0.6) is 0 Å². The number of aromatic nitrogens is 1. The fourth-order valence-corrected chi connectivity index (χ4v) is 2.62. The van der Waals surface area contributed by atoms with Gasteiger partial charge in [-0.05, 0) is 25.0 Å². The normalized spacial score (nSPS) is 20.9. The summed E-state index contributed by atoms with van der Waals surface area (Å²) in [5, 5.41) is 3.37. The van der Waals surface area contributed by atoms with E-state index in [1.165, 1.54) is 31.6 Å². The molecule has 0 atom stereocenters. The minimum Gasteiger partial charge on any atom is -0.368 e. The van der Waals surface area contributed by atoms with Crippen LogP contribution in [0.15, 0.2) is 18.3 Å². The number of piperazine rings is 1. The third-order valence-electron chi connectivity index (χ3n) is 3.64. The lowest BCUT2D eigenvalue weighted by Gasteiger charge is -2.29. The molecule has 0 amide bonds. The molecule has 0 spiro atoms. The van der Waals surface area contributed by atoms with Gasteiger partial charge in [0.05, 0.1) is 11.9 Å². The summed E-state index contributed by atoms with van der Waals surface area (Å²) in [4.78, 5) is 9.38. The Bertz CT molecular complexity index is 350. The van der Waals surface area contributed by atoms with E-state index in [2.05, 4.69) is 32.2 Å². The van der Waals surface area contributed by atoms with Crippen LogP contribution in [0.4, 0.5) is 11.5 Å². The SMILES string of the molecule is c1cc(N2CCCC2)ncc1N1CCNCC1. The lowest BCUT2D eigenvalue weighted by Crippen LogP contribution is -2.43. The van der Waals surface area contributed by atoms with Gasteiger partial charge in [-0.2, -0.15) is 0 Å². The summed E-state index contributed by atoms with van der Waals surface area (Å²) in [5.74, 6) is 1.14. The van der Waals surface area contributed by atoms with Gasteiger partial charge in [0, 0.05) is 39.3 Å². The summed E-state index contributed by atoms with van der Waals surface area (Å²) in [6, 6.07) is 4.38. The van der Waals surface area contributed by atoms with Gasteiger partial charge in [0.25, 0.3) is 0 Å². The van der Waals surface area contributed by atoms with E-state index in [0.717, 1.165) is 32.0 Å². The Kier molecular flexibility index (Phi) is 3.14. The van der Waals surface area contributed by atoms with Crippen LogP contribution in [0, 0.1) is 0 Å². The topological polar surface area (TPSA) is 31.4 Å². The summed E-state index contributed by atoms with van der Waals surface area (Å²) >= 11 is 0. The van der Waals surface area contributed by atoms with Crippen molar-refractivity contribution < 1.29 is 0 Å². The second-order valence-electron chi connectivity index (χ2n) is 4.81. The van der Waals surface area contributed by atoms with Gasteiger partial charge < -0.3 is 15.1 Å². The maximum atomic E-state index is 4.60. The molecule has 0 aromatic carbocycles. The molecule has 1 aromatic rings. The molecule has 0 aliphatic carbocycles. The lowest BCUT2D eigenvalue weighted by atomic mass is 10.3. The van der Waals surface area contributed by atoms with Crippen LogP contribution in [-0.2, 0) is 0 Å². The molecule has 2 fully saturated rings. The lowest BCUT2D eigenvalue weighted by molar-refractivity contribution is 0.588. The Morgan fingerprint density at radius 1 is 0.941 bits per heavy atom. The molecule has 0 saturated carbocycles. The molecule has 1 N–H and O–H groups in total. The summed E-state index contributed by atoms with van der Waals surface area (Å²) in [7, 11) is 0. The maximum absolute atomic E-state index is 4.60. The summed E-state index contributed by atoms with van der Waals surface area (Å²) in [6.45, 7) is 6.66. The van der Waals surface area contributed by atoms with Gasteiger partial charge in [0.1, 0.15) is 5.82 Å². The summed E-state index contributed by atoms with van der Waals surface area (Å²) < 4.78 is 0. The third-order valence-corrected chi connectivity index (χ3v) is 3.64. The monoisotopic (exact) mass is 232 g/mol. The number of hydrogen-bond donors (Lipinski definition) is 1. The number of nitrogens with zero attached hydrogens (tertiary/aromatic N) is 3. The quantitative estimate of drug-likeness (QED) is 0.827. The first-order valence-corrected chi connectivity index (χ1v) is 6.60. The maximum Gasteiger partial charge on any atom is 0.128 e. The van der Waals surface area contributed by atoms with Crippen molar-refractivity contribution in [3.63, 3.8) is 0 Å².